The first-order valence-electron chi connectivity index (χ1n) is 8.94. The van der Waals surface area contributed by atoms with E-state index >= 15 is 0 Å². The zero-order valence-electron chi connectivity index (χ0n) is 17.6. The van der Waals surface area contributed by atoms with E-state index in [1.165, 1.54) is 35.5 Å². The molecule has 0 bridgehead atoms. The van der Waals surface area contributed by atoms with Gasteiger partial charge < -0.3 is 38.3 Å². The fourth-order valence-corrected chi connectivity index (χ4v) is 3.57. The van der Waals surface area contributed by atoms with Gasteiger partial charge in [-0.25, -0.2) is 0 Å². The van der Waals surface area contributed by atoms with Gasteiger partial charge in [0.25, 0.3) is 5.79 Å². The molecule has 1 aliphatic rings. The summed E-state index contributed by atoms with van der Waals surface area (Å²) in [5.41, 5.74) is 0.382. The molecular weight excluding hydrogens is 396 g/mol. The minimum atomic E-state index is -1.87. The lowest BCUT2D eigenvalue weighted by molar-refractivity contribution is -0.223. The summed E-state index contributed by atoms with van der Waals surface area (Å²) >= 11 is 0. The molecule has 1 heterocycles. The number of fused-ring (bicyclic) bond motifs is 1. The van der Waals surface area contributed by atoms with Crippen LogP contribution in [0, 0.1) is 0 Å². The predicted octanol–water partition coefficient (Wildman–Crippen LogP) is 2.73. The highest BCUT2D eigenvalue weighted by Gasteiger charge is 2.56. The van der Waals surface area contributed by atoms with Gasteiger partial charge in [0.05, 0.1) is 28.4 Å². The van der Waals surface area contributed by atoms with Crippen LogP contribution in [0.15, 0.2) is 24.3 Å². The van der Waals surface area contributed by atoms with E-state index in [1.807, 2.05) is 0 Å². The zero-order chi connectivity index (χ0) is 22.1. The molecule has 162 valence electrons. The molecule has 1 aliphatic heterocycles. The lowest BCUT2D eigenvalue weighted by Crippen LogP contribution is -2.53. The van der Waals surface area contributed by atoms with Gasteiger partial charge in [-0.05, 0) is 17.7 Å². The van der Waals surface area contributed by atoms with E-state index in [0.29, 0.717) is 11.3 Å². The highest BCUT2D eigenvalue weighted by Crippen LogP contribution is 2.58. The smallest absolute Gasteiger partial charge is 0.276 e. The second kappa shape index (κ2) is 8.29. The fourth-order valence-electron chi connectivity index (χ4n) is 3.57. The van der Waals surface area contributed by atoms with Crippen molar-refractivity contribution in [1.29, 1.82) is 0 Å². The number of carbonyl (C=O) groups is 1. The average molecular weight is 420 g/mol. The molecule has 0 spiro atoms. The first-order valence-corrected chi connectivity index (χ1v) is 8.94. The van der Waals surface area contributed by atoms with Crippen molar-refractivity contribution in [3.63, 3.8) is 0 Å². The van der Waals surface area contributed by atoms with E-state index in [2.05, 4.69) is 0 Å². The Hall–Kier alpha value is -3.17. The Morgan fingerprint density at radius 2 is 1.40 bits per heavy atom. The van der Waals surface area contributed by atoms with Crippen LogP contribution in [0.1, 0.15) is 22.0 Å². The number of methoxy groups -OCH3 is 6. The van der Waals surface area contributed by atoms with Crippen molar-refractivity contribution in [1.82, 2.24) is 0 Å². The first kappa shape index (κ1) is 21.5. The molecule has 0 aliphatic carbocycles. The van der Waals surface area contributed by atoms with Gasteiger partial charge in [-0.1, -0.05) is 12.1 Å². The van der Waals surface area contributed by atoms with Crippen molar-refractivity contribution < 1.29 is 43.1 Å². The molecule has 2 aromatic rings. The number of rotatable bonds is 7. The summed E-state index contributed by atoms with van der Waals surface area (Å²) in [5.74, 6) is -2.28. The molecule has 0 saturated heterocycles. The lowest BCUT2D eigenvalue weighted by atomic mass is 9.88. The van der Waals surface area contributed by atoms with Crippen molar-refractivity contribution in [2.75, 3.05) is 42.7 Å². The largest absolute Gasteiger partial charge is 0.504 e. The van der Waals surface area contributed by atoms with E-state index < -0.39 is 23.4 Å². The molecule has 0 aromatic heterocycles. The zero-order valence-corrected chi connectivity index (χ0v) is 17.6. The lowest BCUT2D eigenvalue weighted by Gasteiger charge is -2.41. The number of phenolic OH excluding ortho intramolecular Hbond substituents is 1. The van der Waals surface area contributed by atoms with Crippen molar-refractivity contribution in [3.8, 4) is 34.5 Å². The maximum atomic E-state index is 13.6. The average Bonchev–Trinajstić information content (AvgIpc) is 2.78. The molecule has 9 heteroatoms. The van der Waals surface area contributed by atoms with Gasteiger partial charge in [0, 0.05) is 14.2 Å². The van der Waals surface area contributed by atoms with Crippen LogP contribution in [0.25, 0.3) is 0 Å². The van der Waals surface area contributed by atoms with Gasteiger partial charge >= 0.3 is 0 Å². The van der Waals surface area contributed by atoms with Gasteiger partial charge in [0.1, 0.15) is 11.3 Å². The molecule has 0 fully saturated rings. The summed E-state index contributed by atoms with van der Waals surface area (Å²) in [6, 6.07) is 6.89. The normalized spacial score (nSPS) is 17.0. The van der Waals surface area contributed by atoms with Crippen LogP contribution in [-0.4, -0.2) is 59.3 Å². The van der Waals surface area contributed by atoms with E-state index in [9.17, 15) is 9.90 Å². The van der Waals surface area contributed by atoms with E-state index in [-0.39, 0.29) is 28.6 Å². The third-order valence-electron chi connectivity index (χ3n) is 5.06. The van der Waals surface area contributed by atoms with Crippen LogP contribution in [-0.2, 0) is 9.47 Å². The molecule has 0 radical (unpaired) electrons. The minimum absolute atomic E-state index is 0.0109. The number of phenols is 1. The first-order chi connectivity index (χ1) is 14.4. The molecule has 30 heavy (non-hydrogen) atoms. The SMILES string of the molecule is COc1ccc(C2Oc3c(OC)c(OC)c(OC)c(O)c3C(=O)C2(OC)OC)cc1. The Morgan fingerprint density at radius 1 is 0.833 bits per heavy atom. The highest BCUT2D eigenvalue weighted by atomic mass is 16.7. The molecule has 1 N–H and O–H groups in total. The third kappa shape index (κ3) is 2.98. The number of ketones is 1. The number of benzene rings is 2. The van der Waals surface area contributed by atoms with Crippen LogP contribution < -0.4 is 23.7 Å². The summed E-state index contributed by atoms with van der Waals surface area (Å²) in [4.78, 5) is 13.6. The second-order valence-corrected chi connectivity index (χ2v) is 6.33. The Balaban J connectivity index is 2.31. The highest BCUT2D eigenvalue weighted by molar-refractivity contribution is 6.09. The van der Waals surface area contributed by atoms with Gasteiger partial charge in [0.15, 0.2) is 17.6 Å². The fraction of sp³-hybridized carbons (Fsp3) is 0.381. The van der Waals surface area contributed by atoms with Gasteiger partial charge in [-0.2, -0.15) is 0 Å². The summed E-state index contributed by atoms with van der Waals surface area (Å²) in [7, 11) is 8.29. The van der Waals surface area contributed by atoms with Gasteiger partial charge in [-0.15, -0.1) is 0 Å². The summed E-state index contributed by atoms with van der Waals surface area (Å²) in [6.45, 7) is 0. The van der Waals surface area contributed by atoms with Crippen molar-refractivity contribution in [2.24, 2.45) is 0 Å². The Morgan fingerprint density at radius 3 is 1.87 bits per heavy atom. The summed E-state index contributed by atoms with van der Waals surface area (Å²) < 4.78 is 38.4. The second-order valence-electron chi connectivity index (χ2n) is 6.33. The molecule has 1 unspecified atom stereocenters. The van der Waals surface area contributed by atoms with Crippen molar-refractivity contribution in [2.45, 2.75) is 11.9 Å². The number of ether oxygens (including phenoxy) is 7. The number of hydrogen-bond acceptors (Lipinski definition) is 9. The monoisotopic (exact) mass is 420 g/mol. The van der Waals surface area contributed by atoms with Gasteiger partial charge in [-0.3, -0.25) is 4.79 Å². The Labute approximate surface area is 174 Å². The quantitative estimate of drug-likeness (QED) is 0.677. The molecular formula is C21H24O9. The van der Waals surface area contributed by atoms with Gasteiger partial charge in [0.2, 0.25) is 23.0 Å². The summed E-state index contributed by atoms with van der Waals surface area (Å²) in [6.07, 6.45) is -1.02. The van der Waals surface area contributed by atoms with Crippen LogP contribution in [0.2, 0.25) is 0 Å². The number of aromatic hydroxyl groups is 1. The molecule has 0 amide bonds. The van der Waals surface area contributed by atoms with E-state index in [1.54, 1.807) is 31.4 Å². The van der Waals surface area contributed by atoms with E-state index in [0.717, 1.165) is 0 Å². The molecule has 1 atom stereocenters. The van der Waals surface area contributed by atoms with Crippen molar-refractivity contribution >= 4 is 5.78 Å². The number of Topliss-reactive ketones (excluding diaryl/α,β-unsaturated/α-hetero) is 1. The molecule has 0 saturated carbocycles. The summed E-state index contributed by atoms with van der Waals surface area (Å²) in [5, 5.41) is 10.8. The molecule has 9 nitrogen and oxygen atoms in total. The minimum Gasteiger partial charge on any atom is -0.504 e. The Bertz CT molecular complexity index is 933. The van der Waals surface area contributed by atoms with Crippen LogP contribution >= 0.6 is 0 Å². The van der Waals surface area contributed by atoms with Crippen LogP contribution in [0.4, 0.5) is 0 Å². The van der Waals surface area contributed by atoms with Crippen LogP contribution in [0.5, 0.6) is 34.5 Å². The predicted molar refractivity (Wildman–Crippen MR) is 105 cm³/mol. The number of carbonyl (C=O) groups excluding carboxylic acids is 1. The van der Waals surface area contributed by atoms with Crippen LogP contribution in [0.3, 0.4) is 0 Å². The molecule has 3 rings (SSSR count). The Kier molecular flexibility index (Phi) is 5.95. The molecule has 2 aromatic carbocycles. The maximum Gasteiger partial charge on any atom is 0.276 e. The maximum absolute atomic E-state index is 13.6. The van der Waals surface area contributed by atoms with Crippen molar-refractivity contribution in [3.05, 3.63) is 35.4 Å². The van der Waals surface area contributed by atoms with E-state index in [4.69, 9.17) is 33.2 Å². The topological polar surface area (TPSA) is 102 Å². The third-order valence-corrected chi connectivity index (χ3v) is 5.06. The standard InChI is InChI=1S/C21H24O9/c1-24-12-9-7-11(8-10-12)20-21(28-5,29-6)19(23)13-14(22)16(25-2)18(27-4)17(26-3)15(13)30-20/h7-10,20,22H,1-6H3. The number of hydrogen-bond donors (Lipinski definition) is 1.